The highest BCUT2D eigenvalue weighted by molar-refractivity contribution is 5.80. The first-order valence-electron chi connectivity index (χ1n) is 11.0. The smallest absolute Gasteiger partial charge is 0.308 e. The van der Waals surface area contributed by atoms with Gasteiger partial charge in [0.1, 0.15) is 0 Å². The SMILES string of the molecule is CC(=O)Oc1ccc(-c2cc(-c3ccc(OC(C)=O)c(OC(C)=O)c3)c(C)c(C)n2)cc1OC(C)=O. The molecular weight excluding hydrogens is 466 g/mol. The molecular formula is C27H25NO8. The van der Waals surface area contributed by atoms with Crippen molar-refractivity contribution in [3.05, 3.63) is 53.7 Å². The van der Waals surface area contributed by atoms with Gasteiger partial charge in [0.15, 0.2) is 23.0 Å². The van der Waals surface area contributed by atoms with Crippen LogP contribution >= 0.6 is 0 Å². The minimum Gasteiger partial charge on any atom is -0.423 e. The molecule has 0 saturated heterocycles. The largest absolute Gasteiger partial charge is 0.423 e. The van der Waals surface area contributed by atoms with Gasteiger partial charge in [-0.25, -0.2) is 0 Å². The maximum absolute atomic E-state index is 11.6. The van der Waals surface area contributed by atoms with Crippen molar-refractivity contribution in [1.29, 1.82) is 0 Å². The number of nitrogens with zero attached hydrogens (tertiary/aromatic N) is 1. The van der Waals surface area contributed by atoms with E-state index in [1.165, 1.54) is 33.8 Å². The average Bonchev–Trinajstić information content (AvgIpc) is 2.76. The van der Waals surface area contributed by atoms with Gasteiger partial charge in [0.05, 0.1) is 5.69 Å². The van der Waals surface area contributed by atoms with Crippen molar-refractivity contribution < 1.29 is 38.1 Å². The molecule has 2 aromatic carbocycles. The van der Waals surface area contributed by atoms with Gasteiger partial charge >= 0.3 is 23.9 Å². The topological polar surface area (TPSA) is 118 Å². The molecule has 0 bridgehead atoms. The van der Waals surface area contributed by atoms with Gasteiger partial charge in [-0.3, -0.25) is 24.2 Å². The monoisotopic (exact) mass is 491 g/mol. The van der Waals surface area contributed by atoms with E-state index in [1.54, 1.807) is 30.3 Å². The van der Waals surface area contributed by atoms with E-state index in [0.29, 0.717) is 16.8 Å². The summed E-state index contributed by atoms with van der Waals surface area (Å²) in [6, 6.07) is 11.5. The first-order valence-corrected chi connectivity index (χ1v) is 11.0. The zero-order valence-corrected chi connectivity index (χ0v) is 20.8. The molecule has 0 saturated carbocycles. The minimum atomic E-state index is -0.569. The standard InChI is InChI=1S/C27H25NO8/c1-14-15(2)28-23(21-8-10-25(34-17(4)30)27(12-21)36-19(6)32)13-22(14)20-7-9-24(33-16(3)29)26(11-20)35-18(5)31/h7-13H,1-6H3. The second-order valence-electron chi connectivity index (χ2n) is 7.96. The number of pyridine rings is 1. The summed E-state index contributed by atoms with van der Waals surface area (Å²) >= 11 is 0. The number of carbonyl (C=O) groups excluding carboxylic acids is 4. The van der Waals surface area contributed by atoms with E-state index < -0.39 is 23.9 Å². The molecule has 0 fully saturated rings. The lowest BCUT2D eigenvalue weighted by atomic mass is 9.97. The van der Waals surface area contributed by atoms with Gasteiger partial charge < -0.3 is 18.9 Å². The number of hydrogen-bond donors (Lipinski definition) is 0. The molecule has 0 aliphatic carbocycles. The Hall–Kier alpha value is -4.53. The molecule has 0 unspecified atom stereocenters. The summed E-state index contributed by atoms with van der Waals surface area (Å²) in [5, 5.41) is 0. The molecule has 1 heterocycles. The quantitative estimate of drug-likeness (QED) is 0.356. The number of benzene rings is 2. The van der Waals surface area contributed by atoms with Gasteiger partial charge in [-0.15, -0.1) is 0 Å². The van der Waals surface area contributed by atoms with Crippen molar-refractivity contribution in [2.45, 2.75) is 41.5 Å². The van der Waals surface area contributed by atoms with E-state index in [4.69, 9.17) is 18.9 Å². The summed E-state index contributed by atoms with van der Waals surface area (Å²) in [5.74, 6) is -1.81. The van der Waals surface area contributed by atoms with E-state index in [1.807, 2.05) is 19.9 Å². The molecule has 9 heteroatoms. The second kappa shape index (κ2) is 10.8. The maximum atomic E-state index is 11.6. The summed E-state index contributed by atoms with van der Waals surface area (Å²) < 4.78 is 20.8. The number of aryl methyl sites for hydroxylation is 1. The maximum Gasteiger partial charge on any atom is 0.308 e. The van der Waals surface area contributed by atoms with Crippen LogP contribution in [0.2, 0.25) is 0 Å². The van der Waals surface area contributed by atoms with Crippen LogP contribution in [0.4, 0.5) is 0 Å². The molecule has 36 heavy (non-hydrogen) atoms. The molecule has 3 rings (SSSR count). The van der Waals surface area contributed by atoms with E-state index in [-0.39, 0.29) is 23.0 Å². The number of aromatic nitrogens is 1. The van der Waals surface area contributed by atoms with Crippen LogP contribution in [0, 0.1) is 13.8 Å². The molecule has 0 amide bonds. The third-order valence-corrected chi connectivity index (χ3v) is 5.02. The average molecular weight is 491 g/mol. The lowest BCUT2D eigenvalue weighted by molar-refractivity contribution is -0.134. The third kappa shape index (κ3) is 6.32. The van der Waals surface area contributed by atoms with Crippen LogP contribution in [0.15, 0.2) is 42.5 Å². The van der Waals surface area contributed by atoms with Crippen molar-refractivity contribution >= 4 is 23.9 Å². The van der Waals surface area contributed by atoms with Crippen LogP contribution < -0.4 is 18.9 Å². The van der Waals surface area contributed by atoms with Gasteiger partial charge in [-0.1, -0.05) is 6.07 Å². The summed E-state index contributed by atoms with van der Waals surface area (Å²) in [6.07, 6.45) is 0. The van der Waals surface area contributed by atoms with E-state index in [2.05, 4.69) is 4.98 Å². The Bertz CT molecular complexity index is 1380. The normalized spacial score (nSPS) is 10.4. The Morgan fingerprint density at radius 3 is 1.47 bits per heavy atom. The molecule has 3 aromatic rings. The highest BCUT2D eigenvalue weighted by Crippen LogP contribution is 2.38. The van der Waals surface area contributed by atoms with Crippen molar-refractivity contribution in [2.75, 3.05) is 0 Å². The zero-order chi connectivity index (χ0) is 26.6. The Kier molecular flexibility index (Phi) is 7.83. The van der Waals surface area contributed by atoms with Crippen LogP contribution in [-0.2, 0) is 19.2 Å². The van der Waals surface area contributed by atoms with Crippen LogP contribution in [0.25, 0.3) is 22.4 Å². The Balaban J connectivity index is 2.13. The van der Waals surface area contributed by atoms with Crippen molar-refractivity contribution in [2.24, 2.45) is 0 Å². The summed E-state index contributed by atoms with van der Waals surface area (Å²) in [5.41, 5.74) is 4.28. The second-order valence-corrected chi connectivity index (χ2v) is 7.96. The van der Waals surface area contributed by atoms with E-state index in [9.17, 15) is 19.2 Å². The Morgan fingerprint density at radius 1 is 0.583 bits per heavy atom. The van der Waals surface area contributed by atoms with Crippen LogP contribution in [-0.4, -0.2) is 28.9 Å². The van der Waals surface area contributed by atoms with Gasteiger partial charge in [0.2, 0.25) is 0 Å². The van der Waals surface area contributed by atoms with E-state index >= 15 is 0 Å². The molecule has 0 radical (unpaired) electrons. The molecule has 0 spiro atoms. The number of hydrogen-bond acceptors (Lipinski definition) is 9. The number of rotatable bonds is 6. The fourth-order valence-electron chi connectivity index (χ4n) is 3.47. The molecule has 0 N–H and O–H groups in total. The van der Waals surface area contributed by atoms with Gasteiger partial charge in [0, 0.05) is 39.0 Å². The highest BCUT2D eigenvalue weighted by atomic mass is 16.6. The lowest BCUT2D eigenvalue weighted by Gasteiger charge is -2.15. The number of carbonyl (C=O) groups is 4. The molecule has 0 aliphatic rings. The fourth-order valence-corrected chi connectivity index (χ4v) is 3.47. The van der Waals surface area contributed by atoms with Crippen molar-refractivity contribution in [3.8, 4) is 45.4 Å². The first-order chi connectivity index (χ1) is 16.9. The zero-order valence-electron chi connectivity index (χ0n) is 20.8. The minimum absolute atomic E-state index is 0.0830. The van der Waals surface area contributed by atoms with Crippen molar-refractivity contribution in [1.82, 2.24) is 4.98 Å². The molecule has 186 valence electrons. The highest BCUT2D eigenvalue weighted by Gasteiger charge is 2.17. The van der Waals surface area contributed by atoms with Gasteiger partial charge in [-0.05, 0) is 66.9 Å². The number of esters is 4. The Labute approximate surface area is 208 Å². The molecule has 0 aliphatic heterocycles. The van der Waals surface area contributed by atoms with Gasteiger partial charge in [0.25, 0.3) is 0 Å². The molecule has 1 aromatic heterocycles. The summed E-state index contributed by atoms with van der Waals surface area (Å²) in [6.45, 7) is 8.76. The van der Waals surface area contributed by atoms with Crippen LogP contribution in [0.3, 0.4) is 0 Å². The molecule has 0 atom stereocenters. The molecule has 9 nitrogen and oxygen atoms in total. The van der Waals surface area contributed by atoms with E-state index in [0.717, 1.165) is 16.8 Å². The summed E-state index contributed by atoms with van der Waals surface area (Å²) in [7, 11) is 0. The van der Waals surface area contributed by atoms with Gasteiger partial charge in [-0.2, -0.15) is 0 Å². The number of ether oxygens (including phenoxy) is 4. The fraction of sp³-hybridized carbons (Fsp3) is 0.222. The van der Waals surface area contributed by atoms with Crippen molar-refractivity contribution in [3.63, 3.8) is 0 Å². The third-order valence-electron chi connectivity index (χ3n) is 5.02. The Morgan fingerprint density at radius 2 is 1.00 bits per heavy atom. The predicted octanol–water partition coefficient (Wildman–Crippen LogP) is 4.73. The van der Waals surface area contributed by atoms with Crippen LogP contribution in [0.1, 0.15) is 39.0 Å². The summed E-state index contributed by atoms with van der Waals surface area (Å²) in [4.78, 5) is 50.8. The predicted molar refractivity (Wildman–Crippen MR) is 130 cm³/mol. The van der Waals surface area contributed by atoms with Crippen LogP contribution in [0.5, 0.6) is 23.0 Å². The first kappa shape index (κ1) is 26.1. The lowest BCUT2D eigenvalue weighted by Crippen LogP contribution is -2.07.